The summed E-state index contributed by atoms with van der Waals surface area (Å²) < 4.78 is 1.83. The average molecular weight is 297 g/mol. The van der Waals surface area contributed by atoms with E-state index in [1.54, 1.807) is 12.4 Å². The Morgan fingerprint density at radius 1 is 1.33 bits per heavy atom. The number of nitrogens with zero attached hydrogens (tertiary/aromatic N) is 3. The molecule has 3 N–H and O–H groups in total. The summed E-state index contributed by atoms with van der Waals surface area (Å²) in [5.74, 6) is 0. The highest BCUT2D eigenvalue weighted by Gasteiger charge is 2.11. The Morgan fingerprint density at radius 3 is 2.86 bits per heavy atom. The van der Waals surface area contributed by atoms with Crippen molar-refractivity contribution in [2.75, 3.05) is 5.32 Å². The topological polar surface area (TPSA) is 68.8 Å². The van der Waals surface area contributed by atoms with Crippen LogP contribution < -0.4 is 11.1 Å². The van der Waals surface area contributed by atoms with E-state index < -0.39 is 0 Å². The van der Waals surface area contributed by atoms with Crippen LogP contribution >= 0.6 is 12.2 Å². The van der Waals surface area contributed by atoms with Crippen LogP contribution in [0.15, 0.2) is 42.7 Å². The summed E-state index contributed by atoms with van der Waals surface area (Å²) in [6.45, 7) is 0.639. The fourth-order valence-electron chi connectivity index (χ4n) is 2.27. The van der Waals surface area contributed by atoms with Crippen LogP contribution in [0.5, 0.6) is 0 Å². The molecule has 0 aliphatic carbocycles. The molecule has 6 heteroatoms. The first-order valence-corrected chi connectivity index (χ1v) is 6.96. The third-order valence-electron chi connectivity index (χ3n) is 3.41. The number of hydrogen-bond acceptors (Lipinski definition) is 4. The predicted octanol–water partition coefficient (Wildman–Crippen LogP) is 2.21. The fraction of sp³-hybridized carbons (Fsp3) is 0.133. The summed E-state index contributed by atoms with van der Waals surface area (Å²) in [4.78, 5) is 4.73. The Morgan fingerprint density at radius 2 is 2.14 bits per heavy atom. The number of pyridine rings is 1. The molecule has 2 aromatic heterocycles. The van der Waals surface area contributed by atoms with E-state index in [-0.39, 0.29) is 0 Å². The molecule has 0 fully saturated rings. The van der Waals surface area contributed by atoms with Gasteiger partial charge in [-0.05, 0) is 12.1 Å². The van der Waals surface area contributed by atoms with Gasteiger partial charge in [-0.25, -0.2) is 0 Å². The number of hydrogen-bond donors (Lipinski definition) is 2. The maximum absolute atomic E-state index is 5.82. The second-order valence-corrected chi connectivity index (χ2v) is 5.17. The van der Waals surface area contributed by atoms with Crippen LogP contribution in [0.1, 0.15) is 11.3 Å². The Labute approximate surface area is 127 Å². The highest BCUT2D eigenvalue weighted by Crippen LogP contribution is 2.26. The van der Waals surface area contributed by atoms with E-state index in [4.69, 9.17) is 18.0 Å². The maximum Gasteiger partial charge on any atom is 0.107 e. The average Bonchev–Trinajstić information content (AvgIpc) is 2.89. The van der Waals surface area contributed by atoms with Crippen LogP contribution in [-0.2, 0) is 13.6 Å². The number of nitrogens with two attached hydrogens (primary N) is 1. The molecule has 0 atom stereocenters. The van der Waals surface area contributed by atoms with Gasteiger partial charge in [-0.15, -0.1) is 0 Å². The number of aromatic nitrogens is 3. The van der Waals surface area contributed by atoms with Gasteiger partial charge in [0.15, 0.2) is 0 Å². The van der Waals surface area contributed by atoms with Gasteiger partial charge >= 0.3 is 0 Å². The third kappa shape index (κ3) is 2.57. The van der Waals surface area contributed by atoms with E-state index in [0.717, 1.165) is 27.8 Å². The van der Waals surface area contributed by atoms with Crippen LogP contribution in [0.25, 0.3) is 10.9 Å². The largest absolute Gasteiger partial charge is 0.389 e. The van der Waals surface area contributed by atoms with Crippen LogP contribution in [0.4, 0.5) is 5.69 Å². The second-order valence-electron chi connectivity index (χ2n) is 4.73. The van der Waals surface area contributed by atoms with Crippen molar-refractivity contribution in [3.05, 3.63) is 54.0 Å². The molecule has 1 aromatic carbocycles. The number of anilines is 1. The smallest absolute Gasteiger partial charge is 0.107 e. The van der Waals surface area contributed by atoms with Gasteiger partial charge in [0.25, 0.3) is 0 Å². The zero-order valence-electron chi connectivity index (χ0n) is 11.6. The van der Waals surface area contributed by atoms with Crippen molar-refractivity contribution in [1.82, 2.24) is 14.8 Å². The normalized spacial score (nSPS) is 10.7. The molecular weight excluding hydrogens is 282 g/mol. The molecule has 0 unspecified atom stereocenters. The summed E-state index contributed by atoms with van der Waals surface area (Å²) in [5.41, 5.74) is 9.47. The third-order valence-corrected chi connectivity index (χ3v) is 3.63. The van der Waals surface area contributed by atoms with E-state index in [9.17, 15) is 0 Å². The zero-order chi connectivity index (χ0) is 14.8. The second kappa shape index (κ2) is 5.49. The van der Waals surface area contributed by atoms with Gasteiger partial charge in [-0.1, -0.05) is 30.4 Å². The van der Waals surface area contributed by atoms with Gasteiger partial charge < -0.3 is 11.1 Å². The summed E-state index contributed by atoms with van der Waals surface area (Å²) >= 11 is 5.13. The summed E-state index contributed by atoms with van der Waals surface area (Å²) in [6.07, 6.45) is 3.49. The zero-order valence-corrected chi connectivity index (χ0v) is 12.4. The molecule has 3 aromatic rings. The Kier molecular flexibility index (Phi) is 3.53. The van der Waals surface area contributed by atoms with Crippen molar-refractivity contribution in [1.29, 1.82) is 0 Å². The minimum absolute atomic E-state index is 0.334. The molecule has 5 nitrogen and oxygen atoms in total. The van der Waals surface area contributed by atoms with E-state index in [1.807, 2.05) is 42.1 Å². The fourth-order valence-corrected chi connectivity index (χ4v) is 2.43. The van der Waals surface area contributed by atoms with E-state index in [2.05, 4.69) is 15.4 Å². The van der Waals surface area contributed by atoms with Crippen molar-refractivity contribution < 1.29 is 0 Å². The highest BCUT2D eigenvalue weighted by atomic mass is 32.1. The Hall–Kier alpha value is -2.47. The molecule has 0 aliphatic rings. The molecule has 0 saturated heterocycles. The number of fused-ring (bicyclic) bond motifs is 1. The molecular formula is C15H15N5S. The van der Waals surface area contributed by atoms with Gasteiger partial charge in [0.05, 0.1) is 29.0 Å². The van der Waals surface area contributed by atoms with Crippen molar-refractivity contribution >= 4 is 33.8 Å². The summed E-state index contributed by atoms with van der Waals surface area (Å²) in [7, 11) is 1.91. The van der Waals surface area contributed by atoms with Crippen molar-refractivity contribution in [3.8, 4) is 0 Å². The first kappa shape index (κ1) is 13.5. The van der Waals surface area contributed by atoms with Crippen LogP contribution in [0.3, 0.4) is 0 Å². The van der Waals surface area contributed by atoms with E-state index in [0.29, 0.717) is 11.5 Å². The monoisotopic (exact) mass is 297 g/mol. The highest BCUT2D eigenvalue weighted by molar-refractivity contribution is 7.80. The standard InChI is InChI=1S/C15H15N5S/c1-20-10(6-7-19-20)8-18-14-11-4-2-3-5-13(11)17-9-12(14)15(16)21/h2-7,9H,8H2,1H3,(H2,16,21)(H,17,18). The molecule has 0 bridgehead atoms. The molecule has 0 aliphatic heterocycles. The lowest BCUT2D eigenvalue weighted by Gasteiger charge is -2.14. The van der Waals surface area contributed by atoms with E-state index in [1.165, 1.54) is 0 Å². The lowest BCUT2D eigenvalue weighted by molar-refractivity contribution is 0.720. The molecule has 2 heterocycles. The molecule has 0 saturated carbocycles. The molecule has 0 spiro atoms. The van der Waals surface area contributed by atoms with Crippen LogP contribution in [-0.4, -0.2) is 19.8 Å². The minimum atomic E-state index is 0.334. The first-order valence-electron chi connectivity index (χ1n) is 6.55. The van der Waals surface area contributed by atoms with Crippen LogP contribution in [0.2, 0.25) is 0 Å². The molecule has 3 rings (SSSR count). The van der Waals surface area contributed by atoms with Gasteiger partial charge in [0.1, 0.15) is 4.99 Å². The molecule has 0 radical (unpaired) electrons. The number of aryl methyl sites for hydroxylation is 1. The van der Waals surface area contributed by atoms with E-state index >= 15 is 0 Å². The Balaban J connectivity index is 2.04. The number of benzene rings is 1. The van der Waals surface area contributed by atoms with Crippen molar-refractivity contribution in [2.45, 2.75) is 6.54 Å². The summed E-state index contributed by atoms with van der Waals surface area (Å²) in [6, 6.07) is 9.88. The van der Waals surface area contributed by atoms with Crippen LogP contribution in [0, 0.1) is 0 Å². The molecule has 21 heavy (non-hydrogen) atoms. The SMILES string of the molecule is Cn1nccc1CNc1c(C(N)=S)cnc2ccccc12. The Bertz CT molecular complexity index is 809. The predicted molar refractivity (Wildman–Crippen MR) is 88.2 cm³/mol. The molecule has 106 valence electrons. The van der Waals surface area contributed by atoms with Crippen molar-refractivity contribution in [3.63, 3.8) is 0 Å². The lowest BCUT2D eigenvalue weighted by atomic mass is 10.1. The number of rotatable bonds is 4. The number of para-hydroxylation sites is 1. The van der Waals surface area contributed by atoms with Gasteiger partial charge in [-0.3, -0.25) is 9.67 Å². The number of thiocarbonyl (C=S) groups is 1. The number of nitrogens with one attached hydrogen (secondary N) is 1. The quantitative estimate of drug-likeness (QED) is 0.723. The minimum Gasteiger partial charge on any atom is -0.389 e. The van der Waals surface area contributed by atoms with Gasteiger partial charge in [0, 0.05) is 24.8 Å². The molecule has 0 amide bonds. The van der Waals surface area contributed by atoms with Crippen molar-refractivity contribution in [2.24, 2.45) is 12.8 Å². The summed E-state index contributed by atoms with van der Waals surface area (Å²) in [5, 5.41) is 8.58. The maximum atomic E-state index is 5.82. The lowest BCUT2D eigenvalue weighted by Crippen LogP contribution is -2.15. The van der Waals surface area contributed by atoms with Gasteiger partial charge in [-0.2, -0.15) is 5.10 Å². The first-order chi connectivity index (χ1) is 10.2. The van der Waals surface area contributed by atoms with Gasteiger partial charge in [0.2, 0.25) is 0 Å².